The van der Waals surface area contributed by atoms with Crippen molar-refractivity contribution >= 4 is 11.6 Å². The van der Waals surface area contributed by atoms with Gasteiger partial charge in [0.15, 0.2) is 11.6 Å². The molecule has 0 saturated carbocycles. The third-order valence-electron chi connectivity index (χ3n) is 1.88. The van der Waals surface area contributed by atoms with Gasteiger partial charge in [0, 0.05) is 17.7 Å². The van der Waals surface area contributed by atoms with Crippen LogP contribution in [0.25, 0.3) is 0 Å². The lowest BCUT2D eigenvalue weighted by atomic mass is 10.0. The van der Waals surface area contributed by atoms with Gasteiger partial charge in [0.25, 0.3) is 0 Å². The van der Waals surface area contributed by atoms with Gasteiger partial charge in [0.05, 0.1) is 0 Å². The Hall–Kier alpha value is -0.710. The molecule has 0 aromatic heterocycles. The van der Waals surface area contributed by atoms with E-state index in [4.69, 9.17) is 22.4 Å². The molecule has 3 N–H and O–H groups in total. The van der Waals surface area contributed by atoms with Crippen LogP contribution in [0.15, 0.2) is 12.1 Å². The maximum absolute atomic E-state index is 12.8. The summed E-state index contributed by atoms with van der Waals surface area (Å²) in [4.78, 5) is 0. The average molecular weight is 222 g/mol. The largest absolute Gasteiger partial charge is 0.396 e. The molecule has 0 bridgehead atoms. The second-order valence-corrected chi connectivity index (χ2v) is 3.31. The first kappa shape index (κ1) is 11.4. The van der Waals surface area contributed by atoms with Crippen molar-refractivity contribution in [1.29, 1.82) is 0 Å². The summed E-state index contributed by atoms with van der Waals surface area (Å²) in [6.07, 6.45) is 0.255. The third kappa shape index (κ3) is 2.41. The van der Waals surface area contributed by atoms with Crippen LogP contribution >= 0.6 is 11.6 Å². The number of halogens is 3. The number of hydrogen-bond acceptors (Lipinski definition) is 2. The maximum Gasteiger partial charge on any atom is 0.160 e. The van der Waals surface area contributed by atoms with Crippen molar-refractivity contribution in [2.24, 2.45) is 5.73 Å². The molecule has 0 heterocycles. The first-order chi connectivity index (χ1) is 6.56. The van der Waals surface area contributed by atoms with E-state index >= 15 is 0 Å². The van der Waals surface area contributed by atoms with Gasteiger partial charge >= 0.3 is 0 Å². The van der Waals surface area contributed by atoms with Gasteiger partial charge in [-0.1, -0.05) is 11.6 Å². The summed E-state index contributed by atoms with van der Waals surface area (Å²) >= 11 is 5.66. The average Bonchev–Trinajstić information content (AvgIpc) is 2.11. The van der Waals surface area contributed by atoms with Gasteiger partial charge in [-0.15, -0.1) is 0 Å². The molecule has 0 saturated heterocycles. The lowest BCUT2D eigenvalue weighted by Crippen LogP contribution is -2.13. The highest BCUT2D eigenvalue weighted by Crippen LogP contribution is 2.25. The highest BCUT2D eigenvalue weighted by atomic mass is 35.5. The van der Waals surface area contributed by atoms with Crippen LogP contribution in [0.4, 0.5) is 8.78 Å². The van der Waals surface area contributed by atoms with Crippen LogP contribution in [-0.4, -0.2) is 11.7 Å². The fraction of sp³-hybridized carbons (Fsp3) is 0.333. The molecule has 1 atom stereocenters. The molecule has 0 fully saturated rings. The van der Waals surface area contributed by atoms with E-state index in [1.807, 2.05) is 0 Å². The smallest absolute Gasteiger partial charge is 0.160 e. The predicted octanol–water partition coefficient (Wildman–Crippen LogP) is 2.00. The lowest BCUT2D eigenvalue weighted by Gasteiger charge is -2.12. The summed E-state index contributed by atoms with van der Waals surface area (Å²) in [5, 5.41) is 8.70. The Kier molecular flexibility index (Phi) is 3.80. The summed E-state index contributed by atoms with van der Waals surface area (Å²) in [7, 11) is 0. The topological polar surface area (TPSA) is 46.2 Å². The molecule has 1 aromatic rings. The van der Waals surface area contributed by atoms with Gasteiger partial charge in [-0.25, -0.2) is 8.78 Å². The van der Waals surface area contributed by atoms with E-state index in [1.54, 1.807) is 0 Å². The number of rotatable bonds is 3. The van der Waals surface area contributed by atoms with Crippen molar-refractivity contribution in [3.63, 3.8) is 0 Å². The van der Waals surface area contributed by atoms with Crippen molar-refractivity contribution < 1.29 is 13.9 Å². The highest BCUT2D eigenvalue weighted by molar-refractivity contribution is 6.31. The Bertz CT molecular complexity index is 333. The van der Waals surface area contributed by atoms with Gasteiger partial charge in [0.1, 0.15) is 0 Å². The van der Waals surface area contributed by atoms with E-state index < -0.39 is 17.7 Å². The molecule has 1 aromatic carbocycles. The fourth-order valence-electron chi connectivity index (χ4n) is 1.12. The monoisotopic (exact) mass is 221 g/mol. The number of hydrogen-bond donors (Lipinski definition) is 2. The van der Waals surface area contributed by atoms with Crippen LogP contribution in [0, 0.1) is 11.6 Å². The van der Waals surface area contributed by atoms with E-state index in [0.717, 1.165) is 12.1 Å². The van der Waals surface area contributed by atoms with Crippen LogP contribution in [0.3, 0.4) is 0 Å². The molecule has 0 radical (unpaired) electrons. The number of benzene rings is 1. The zero-order valence-corrected chi connectivity index (χ0v) is 8.06. The Morgan fingerprint density at radius 3 is 2.50 bits per heavy atom. The molecular formula is C9H10ClF2NO. The predicted molar refractivity (Wildman–Crippen MR) is 50.0 cm³/mol. The molecule has 0 aliphatic heterocycles. The van der Waals surface area contributed by atoms with E-state index in [0.29, 0.717) is 5.56 Å². The number of aliphatic hydroxyl groups is 1. The minimum atomic E-state index is -1.00. The molecular weight excluding hydrogens is 212 g/mol. The SMILES string of the molecule is N[C@@H](CCO)c1cc(F)c(F)cc1Cl. The third-order valence-corrected chi connectivity index (χ3v) is 2.21. The summed E-state index contributed by atoms with van der Waals surface area (Å²) in [5.41, 5.74) is 5.90. The second kappa shape index (κ2) is 4.68. The van der Waals surface area contributed by atoms with Crippen molar-refractivity contribution in [3.05, 3.63) is 34.4 Å². The van der Waals surface area contributed by atoms with Crippen LogP contribution in [0.2, 0.25) is 5.02 Å². The highest BCUT2D eigenvalue weighted by Gasteiger charge is 2.13. The summed E-state index contributed by atoms with van der Waals surface area (Å²) < 4.78 is 25.5. The van der Waals surface area contributed by atoms with Gasteiger partial charge in [-0.2, -0.15) is 0 Å². The van der Waals surface area contributed by atoms with Crippen molar-refractivity contribution in [3.8, 4) is 0 Å². The van der Waals surface area contributed by atoms with Crippen LogP contribution in [0.1, 0.15) is 18.0 Å². The standard InChI is InChI=1S/C9H10ClF2NO/c10-6-4-8(12)7(11)3-5(6)9(13)1-2-14/h3-4,9,14H,1-2,13H2/t9-/m0/s1. The van der Waals surface area contributed by atoms with Crippen molar-refractivity contribution in [1.82, 2.24) is 0 Å². The zero-order valence-electron chi connectivity index (χ0n) is 7.30. The Morgan fingerprint density at radius 2 is 1.93 bits per heavy atom. The quantitative estimate of drug-likeness (QED) is 0.767. The minimum absolute atomic E-state index is 0.0739. The molecule has 0 aliphatic carbocycles. The molecule has 14 heavy (non-hydrogen) atoms. The Balaban J connectivity index is 3.02. The summed E-state index contributed by atoms with van der Waals surface area (Å²) in [6.45, 7) is -0.128. The van der Waals surface area contributed by atoms with E-state index in [-0.39, 0.29) is 18.1 Å². The molecule has 1 rings (SSSR count). The van der Waals surface area contributed by atoms with Crippen LogP contribution in [-0.2, 0) is 0 Å². The van der Waals surface area contributed by atoms with E-state index in [1.165, 1.54) is 0 Å². The molecule has 78 valence electrons. The first-order valence-electron chi connectivity index (χ1n) is 4.07. The van der Waals surface area contributed by atoms with Gasteiger partial charge in [-0.05, 0) is 24.1 Å². The van der Waals surface area contributed by atoms with Crippen molar-refractivity contribution in [2.75, 3.05) is 6.61 Å². The van der Waals surface area contributed by atoms with Crippen LogP contribution in [0.5, 0.6) is 0 Å². The normalized spacial score (nSPS) is 12.9. The first-order valence-corrected chi connectivity index (χ1v) is 4.45. The molecule has 0 aliphatic rings. The van der Waals surface area contributed by atoms with E-state index in [9.17, 15) is 8.78 Å². The second-order valence-electron chi connectivity index (χ2n) is 2.91. The van der Waals surface area contributed by atoms with E-state index in [2.05, 4.69) is 0 Å². The minimum Gasteiger partial charge on any atom is -0.396 e. The zero-order chi connectivity index (χ0) is 10.7. The van der Waals surface area contributed by atoms with Gasteiger partial charge < -0.3 is 10.8 Å². The molecule has 0 amide bonds. The fourth-order valence-corrected chi connectivity index (χ4v) is 1.41. The summed E-state index contributed by atoms with van der Waals surface area (Å²) in [6, 6.07) is 1.25. The molecule has 0 spiro atoms. The molecule has 2 nitrogen and oxygen atoms in total. The Morgan fingerprint density at radius 1 is 1.36 bits per heavy atom. The number of nitrogens with two attached hydrogens (primary N) is 1. The lowest BCUT2D eigenvalue weighted by molar-refractivity contribution is 0.276. The molecule has 5 heteroatoms. The number of aliphatic hydroxyl groups excluding tert-OH is 1. The molecule has 0 unspecified atom stereocenters. The maximum atomic E-state index is 12.8. The summed E-state index contributed by atoms with van der Waals surface area (Å²) in [5.74, 6) is -1.99. The Labute approximate surface area is 85.3 Å². The van der Waals surface area contributed by atoms with Crippen LogP contribution < -0.4 is 5.73 Å². The van der Waals surface area contributed by atoms with Gasteiger partial charge in [0.2, 0.25) is 0 Å². The van der Waals surface area contributed by atoms with Crippen molar-refractivity contribution in [2.45, 2.75) is 12.5 Å². The van der Waals surface area contributed by atoms with Gasteiger partial charge in [-0.3, -0.25) is 0 Å².